The van der Waals surface area contributed by atoms with Gasteiger partial charge in [0.2, 0.25) is 23.6 Å². The van der Waals surface area contributed by atoms with E-state index in [1.165, 1.54) is 43.0 Å². The van der Waals surface area contributed by atoms with Gasteiger partial charge in [-0.2, -0.15) is 11.8 Å². The molecule has 11 N–H and O–H groups in total. The number of nitrogens with one attached hydrogen (secondary N) is 4. The maximum Gasteiger partial charge on any atom is 0.328 e. The number of carboxylic acids is 2. The van der Waals surface area contributed by atoms with Gasteiger partial charge in [-0.25, -0.2) is 4.79 Å². The Morgan fingerprint density at radius 3 is 1.91 bits per heavy atom. The number of carbonyl (C=O) groups is 6. The average molecular weight is 630 g/mol. The van der Waals surface area contributed by atoms with E-state index in [4.69, 9.17) is 15.9 Å². The molecule has 0 radical (unpaired) electrons. The highest BCUT2D eigenvalue weighted by Crippen LogP contribution is 2.12. The molecule has 4 amide bonds. The standard InChI is InChI=1S/C26H39N5O11S/c1-13(33)21(25(40)28-17(9-10-43-2)23(38)30-19(12-32)26(41)42)31-24(39)18(11-14-3-5-15(34)6-4-14)29-22(37)16(27)7-8-20(35)36/h3-6,13,16-19,21,32-34H,7-12,27H2,1-2H3,(H,28,40)(H,29,37)(H,30,38)(H,31,39)(H,35,36)(H,41,42)/t13-,16+,17+,18+,19+,21+/m1/s1. The Morgan fingerprint density at radius 1 is 0.837 bits per heavy atom. The van der Waals surface area contributed by atoms with Crippen molar-refractivity contribution in [2.45, 2.75) is 68.9 Å². The van der Waals surface area contributed by atoms with Gasteiger partial charge in [-0.05, 0) is 49.5 Å². The van der Waals surface area contributed by atoms with Crippen molar-refractivity contribution in [1.29, 1.82) is 0 Å². The molecule has 0 aliphatic heterocycles. The van der Waals surface area contributed by atoms with E-state index in [0.29, 0.717) is 11.3 Å². The number of aliphatic hydroxyl groups excluding tert-OH is 2. The fraction of sp³-hybridized carbons (Fsp3) is 0.538. The summed E-state index contributed by atoms with van der Waals surface area (Å²) in [5.74, 6) is -6.03. The number of hydrogen-bond donors (Lipinski definition) is 10. The van der Waals surface area contributed by atoms with Crippen LogP contribution in [0.1, 0.15) is 31.7 Å². The first kappa shape index (κ1) is 37.1. The van der Waals surface area contributed by atoms with E-state index < -0.39 is 84.9 Å². The molecule has 0 aliphatic rings. The average Bonchev–Trinajstić information content (AvgIpc) is 2.95. The van der Waals surface area contributed by atoms with Gasteiger partial charge in [0.05, 0.1) is 18.8 Å². The summed E-state index contributed by atoms with van der Waals surface area (Å²) in [6.45, 7) is 0.299. The van der Waals surface area contributed by atoms with Crippen LogP contribution < -0.4 is 27.0 Å². The van der Waals surface area contributed by atoms with E-state index in [1.807, 2.05) is 0 Å². The first-order chi connectivity index (χ1) is 20.2. The second kappa shape index (κ2) is 18.6. The molecule has 0 bridgehead atoms. The summed E-state index contributed by atoms with van der Waals surface area (Å²) in [4.78, 5) is 73.9. The van der Waals surface area contributed by atoms with E-state index in [-0.39, 0.29) is 25.0 Å². The number of hydrogen-bond acceptors (Lipinski definition) is 11. The van der Waals surface area contributed by atoms with Crippen LogP contribution in [0.2, 0.25) is 0 Å². The topological polar surface area (TPSA) is 278 Å². The highest BCUT2D eigenvalue weighted by molar-refractivity contribution is 7.98. The number of rotatable bonds is 19. The molecule has 0 fully saturated rings. The van der Waals surface area contributed by atoms with Gasteiger partial charge in [0.15, 0.2) is 0 Å². The Morgan fingerprint density at radius 2 is 1.40 bits per heavy atom. The van der Waals surface area contributed by atoms with Gasteiger partial charge >= 0.3 is 11.9 Å². The zero-order valence-electron chi connectivity index (χ0n) is 23.7. The molecule has 6 atom stereocenters. The van der Waals surface area contributed by atoms with E-state index in [9.17, 15) is 44.1 Å². The van der Waals surface area contributed by atoms with Crippen LogP contribution in [-0.2, 0) is 35.2 Å². The zero-order chi connectivity index (χ0) is 32.7. The predicted molar refractivity (Wildman–Crippen MR) is 154 cm³/mol. The normalized spacial score (nSPS) is 15.1. The number of carbonyl (C=O) groups excluding carboxylic acids is 4. The number of phenols is 1. The summed E-state index contributed by atoms with van der Waals surface area (Å²) in [6, 6.07) is -1.52. The molecule has 0 aliphatic carbocycles. The van der Waals surface area contributed by atoms with Gasteiger partial charge in [-0.3, -0.25) is 24.0 Å². The van der Waals surface area contributed by atoms with Crippen molar-refractivity contribution in [2.75, 3.05) is 18.6 Å². The van der Waals surface area contributed by atoms with Crippen molar-refractivity contribution in [3.05, 3.63) is 29.8 Å². The number of benzene rings is 1. The van der Waals surface area contributed by atoms with Crippen LogP contribution in [0, 0.1) is 0 Å². The molecule has 0 aromatic heterocycles. The van der Waals surface area contributed by atoms with Gasteiger partial charge in [-0.15, -0.1) is 0 Å². The van der Waals surface area contributed by atoms with E-state index in [0.717, 1.165) is 0 Å². The van der Waals surface area contributed by atoms with Crippen LogP contribution in [0.15, 0.2) is 24.3 Å². The summed E-state index contributed by atoms with van der Waals surface area (Å²) >= 11 is 1.33. The lowest BCUT2D eigenvalue weighted by Gasteiger charge is -2.27. The molecule has 0 heterocycles. The highest BCUT2D eigenvalue weighted by atomic mass is 32.2. The molecular weight excluding hydrogens is 590 g/mol. The molecule has 16 nitrogen and oxygen atoms in total. The third-order valence-electron chi connectivity index (χ3n) is 6.12. The van der Waals surface area contributed by atoms with Crippen molar-refractivity contribution in [2.24, 2.45) is 5.73 Å². The minimum Gasteiger partial charge on any atom is -0.508 e. The van der Waals surface area contributed by atoms with Crippen molar-refractivity contribution >= 4 is 47.3 Å². The number of aliphatic carboxylic acids is 2. The van der Waals surface area contributed by atoms with Crippen molar-refractivity contribution in [1.82, 2.24) is 21.3 Å². The molecule has 0 spiro atoms. The SMILES string of the molecule is CSCC[C@H](NC(=O)[C@@H](NC(=O)[C@H](Cc1ccc(O)cc1)NC(=O)[C@@H](N)CCC(=O)O)[C@@H](C)O)C(=O)N[C@@H](CO)C(=O)O. The number of thioether (sulfide) groups is 1. The quantitative estimate of drug-likeness (QED) is 0.0745. The number of aliphatic hydroxyl groups is 2. The second-order valence-corrected chi connectivity index (χ2v) is 10.6. The van der Waals surface area contributed by atoms with Crippen LogP contribution in [-0.4, -0.2) is 116 Å². The van der Waals surface area contributed by atoms with Gasteiger partial charge < -0.3 is 52.5 Å². The molecule has 240 valence electrons. The van der Waals surface area contributed by atoms with Crippen LogP contribution in [0.4, 0.5) is 0 Å². The van der Waals surface area contributed by atoms with Crippen molar-refractivity contribution in [3.8, 4) is 5.75 Å². The molecule has 1 rings (SSSR count). The summed E-state index contributed by atoms with van der Waals surface area (Å²) in [6.07, 6.45) is -0.477. The first-order valence-corrected chi connectivity index (χ1v) is 14.6. The highest BCUT2D eigenvalue weighted by Gasteiger charge is 2.33. The Kier molecular flexibility index (Phi) is 16.0. The molecule has 0 saturated carbocycles. The Balaban J connectivity index is 3.16. The summed E-state index contributed by atoms with van der Waals surface area (Å²) in [7, 11) is 0. The fourth-order valence-corrected chi connectivity index (χ4v) is 4.12. The Bertz CT molecular complexity index is 1120. The monoisotopic (exact) mass is 629 g/mol. The smallest absolute Gasteiger partial charge is 0.328 e. The molecule has 0 saturated heterocycles. The largest absolute Gasteiger partial charge is 0.508 e. The van der Waals surface area contributed by atoms with E-state index in [1.54, 1.807) is 6.26 Å². The third-order valence-corrected chi connectivity index (χ3v) is 6.76. The number of aromatic hydroxyl groups is 1. The minimum atomic E-state index is -1.63. The maximum absolute atomic E-state index is 13.3. The number of nitrogens with two attached hydrogens (primary N) is 1. The van der Waals surface area contributed by atoms with Gasteiger partial charge in [0, 0.05) is 12.8 Å². The zero-order valence-corrected chi connectivity index (χ0v) is 24.5. The lowest BCUT2D eigenvalue weighted by Crippen LogP contribution is -2.61. The van der Waals surface area contributed by atoms with Gasteiger partial charge in [0.25, 0.3) is 0 Å². The molecule has 17 heteroatoms. The lowest BCUT2D eigenvalue weighted by molar-refractivity contribution is -0.143. The van der Waals surface area contributed by atoms with Gasteiger partial charge in [-0.1, -0.05) is 12.1 Å². The number of phenolic OH excluding ortho intramolecular Hbond substituents is 1. The molecule has 1 aromatic carbocycles. The Hall–Kier alpha value is -3.93. The van der Waals surface area contributed by atoms with Crippen LogP contribution in [0.25, 0.3) is 0 Å². The maximum atomic E-state index is 13.3. The second-order valence-electron chi connectivity index (χ2n) is 9.62. The number of amides is 4. The van der Waals surface area contributed by atoms with Gasteiger partial charge in [0.1, 0.15) is 29.9 Å². The van der Waals surface area contributed by atoms with Crippen LogP contribution in [0.3, 0.4) is 0 Å². The lowest BCUT2D eigenvalue weighted by atomic mass is 10.0. The minimum absolute atomic E-state index is 0.0464. The van der Waals surface area contributed by atoms with Crippen molar-refractivity contribution < 1.29 is 54.3 Å². The van der Waals surface area contributed by atoms with E-state index in [2.05, 4.69) is 21.3 Å². The van der Waals surface area contributed by atoms with Crippen molar-refractivity contribution in [3.63, 3.8) is 0 Å². The van der Waals surface area contributed by atoms with Crippen LogP contribution >= 0.6 is 11.8 Å². The molecule has 43 heavy (non-hydrogen) atoms. The summed E-state index contributed by atoms with van der Waals surface area (Å²) in [5.41, 5.74) is 6.26. The predicted octanol–water partition coefficient (Wildman–Crippen LogP) is -2.72. The number of carboxylic acid groups (broad SMARTS) is 2. The summed E-state index contributed by atoms with van der Waals surface area (Å²) < 4.78 is 0. The van der Waals surface area contributed by atoms with Crippen LogP contribution in [0.5, 0.6) is 5.75 Å². The molecular formula is C26H39N5O11S. The first-order valence-electron chi connectivity index (χ1n) is 13.2. The molecule has 1 aromatic rings. The fourth-order valence-electron chi connectivity index (χ4n) is 3.65. The molecule has 0 unspecified atom stereocenters. The Labute approximate surface area is 251 Å². The third kappa shape index (κ3) is 13.3. The van der Waals surface area contributed by atoms with E-state index >= 15 is 0 Å². The summed E-state index contributed by atoms with van der Waals surface area (Å²) in [5, 5.41) is 56.4.